The molecule has 5 nitrogen and oxygen atoms in total. The molecular formula is C26H22N4O. The zero-order valence-corrected chi connectivity index (χ0v) is 17.4. The van der Waals surface area contributed by atoms with Crippen LogP contribution in [0.3, 0.4) is 0 Å². The Morgan fingerprint density at radius 1 is 0.839 bits per heavy atom. The number of hydrogen-bond donors (Lipinski definition) is 1. The molecule has 0 aliphatic rings. The van der Waals surface area contributed by atoms with Crippen molar-refractivity contribution in [2.24, 2.45) is 0 Å². The van der Waals surface area contributed by atoms with Crippen LogP contribution in [0.5, 0.6) is 0 Å². The van der Waals surface area contributed by atoms with E-state index in [0.29, 0.717) is 17.2 Å². The molecule has 31 heavy (non-hydrogen) atoms. The highest BCUT2D eigenvalue weighted by molar-refractivity contribution is 6.13. The number of nitrogens with one attached hydrogen (secondary N) is 1. The summed E-state index contributed by atoms with van der Waals surface area (Å²) in [5, 5.41) is 14.1. The summed E-state index contributed by atoms with van der Waals surface area (Å²) >= 11 is 0. The van der Waals surface area contributed by atoms with Gasteiger partial charge in [0.05, 0.1) is 5.69 Å². The summed E-state index contributed by atoms with van der Waals surface area (Å²) in [6.07, 6.45) is 0. The van der Waals surface area contributed by atoms with E-state index in [2.05, 4.69) is 41.5 Å². The molecule has 5 rings (SSSR count). The second-order valence-corrected chi connectivity index (χ2v) is 7.92. The van der Waals surface area contributed by atoms with Crippen LogP contribution in [0.4, 0.5) is 5.69 Å². The van der Waals surface area contributed by atoms with Gasteiger partial charge in [0.2, 0.25) is 0 Å². The Hall–Kier alpha value is -3.99. The summed E-state index contributed by atoms with van der Waals surface area (Å²) in [4.78, 5) is 14.6. The van der Waals surface area contributed by atoms with Crippen LogP contribution in [0.25, 0.3) is 27.5 Å². The van der Waals surface area contributed by atoms with Gasteiger partial charge in [0.25, 0.3) is 5.91 Å². The molecule has 1 N–H and O–H groups in total. The maximum absolute atomic E-state index is 12.9. The van der Waals surface area contributed by atoms with Gasteiger partial charge in [0, 0.05) is 11.3 Å². The normalized spacial score (nSPS) is 11.3. The molecule has 0 spiro atoms. The maximum Gasteiger partial charge on any atom is 0.256 e. The zero-order chi connectivity index (χ0) is 21.4. The Balaban J connectivity index is 1.43. The van der Waals surface area contributed by atoms with Crippen LogP contribution >= 0.6 is 0 Å². The minimum Gasteiger partial charge on any atom is -0.322 e. The Labute approximate surface area is 180 Å². The number of carbonyl (C=O) groups excluding carboxylic acids is 1. The van der Waals surface area contributed by atoms with Crippen LogP contribution in [0.2, 0.25) is 0 Å². The highest BCUT2D eigenvalue weighted by Gasteiger charge is 2.12. The van der Waals surface area contributed by atoms with E-state index >= 15 is 0 Å². The fourth-order valence-corrected chi connectivity index (χ4v) is 3.72. The first kappa shape index (κ1) is 19.0. The van der Waals surface area contributed by atoms with Gasteiger partial charge in [-0.1, -0.05) is 62.4 Å². The lowest BCUT2D eigenvalue weighted by atomic mass is 10.0. The lowest BCUT2D eigenvalue weighted by molar-refractivity contribution is 0.102. The summed E-state index contributed by atoms with van der Waals surface area (Å²) in [5.41, 5.74) is 5.01. The first-order valence-electron chi connectivity index (χ1n) is 10.3. The molecule has 0 saturated carbocycles. The zero-order valence-electron chi connectivity index (χ0n) is 17.4. The average Bonchev–Trinajstić information content (AvgIpc) is 3.22. The predicted molar refractivity (Wildman–Crippen MR) is 125 cm³/mol. The number of benzene rings is 4. The summed E-state index contributed by atoms with van der Waals surface area (Å²) in [5.74, 6) is 0.333. The van der Waals surface area contributed by atoms with Gasteiger partial charge in [-0.3, -0.25) is 4.79 Å². The van der Waals surface area contributed by atoms with E-state index in [1.54, 1.807) is 4.80 Å². The molecule has 0 saturated heterocycles. The van der Waals surface area contributed by atoms with E-state index in [4.69, 9.17) is 0 Å². The second-order valence-electron chi connectivity index (χ2n) is 7.92. The molecule has 0 aliphatic carbocycles. The van der Waals surface area contributed by atoms with Crippen molar-refractivity contribution < 1.29 is 4.79 Å². The van der Waals surface area contributed by atoms with Gasteiger partial charge in [-0.2, -0.15) is 4.80 Å². The fourth-order valence-electron chi connectivity index (χ4n) is 3.72. The number of aromatic nitrogens is 3. The van der Waals surface area contributed by atoms with Crippen molar-refractivity contribution in [2.45, 2.75) is 19.8 Å². The predicted octanol–water partition coefficient (Wildman–Crippen LogP) is 5.95. The molecule has 0 aliphatic heterocycles. The smallest absolute Gasteiger partial charge is 0.256 e. The van der Waals surface area contributed by atoms with Crippen molar-refractivity contribution in [3.63, 3.8) is 0 Å². The van der Waals surface area contributed by atoms with Gasteiger partial charge in [-0.25, -0.2) is 0 Å². The van der Waals surface area contributed by atoms with Gasteiger partial charge in [-0.15, -0.1) is 10.2 Å². The van der Waals surface area contributed by atoms with E-state index in [1.807, 2.05) is 72.8 Å². The lowest BCUT2D eigenvalue weighted by Crippen LogP contribution is -2.12. The van der Waals surface area contributed by atoms with E-state index in [-0.39, 0.29) is 5.91 Å². The molecule has 0 radical (unpaired) electrons. The summed E-state index contributed by atoms with van der Waals surface area (Å²) in [6, 6.07) is 27.5. The maximum atomic E-state index is 12.9. The van der Waals surface area contributed by atoms with Crippen LogP contribution in [-0.4, -0.2) is 20.9 Å². The largest absolute Gasteiger partial charge is 0.322 e. The number of rotatable bonds is 4. The third kappa shape index (κ3) is 3.66. The Kier molecular flexibility index (Phi) is 4.71. The quantitative estimate of drug-likeness (QED) is 0.401. The summed E-state index contributed by atoms with van der Waals surface area (Å²) < 4.78 is 0. The number of anilines is 1. The first-order valence-corrected chi connectivity index (χ1v) is 10.3. The number of hydrogen-bond acceptors (Lipinski definition) is 3. The topological polar surface area (TPSA) is 59.8 Å². The van der Waals surface area contributed by atoms with E-state index < -0.39 is 0 Å². The van der Waals surface area contributed by atoms with Crippen LogP contribution in [0.15, 0.2) is 84.9 Å². The molecule has 1 aromatic heterocycles. The molecule has 0 unspecified atom stereocenters. The van der Waals surface area contributed by atoms with Crippen molar-refractivity contribution in [1.82, 2.24) is 15.0 Å². The van der Waals surface area contributed by atoms with Crippen molar-refractivity contribution in [1.29, 1.82) is 0 Å². The first-order chi connectivity index (χ1) is 15.1. The number of carbonyl (C=O) groups is 1. The van der Waals surface area contributed by atoms with Crippen molar-refractivity contribution in [3.8, 4) is 5.69 Å². The molecule has 4 aromatic carbocycles. The Morgan fingerprint density at radius 2 is 1.58 bits per heavy atom. The number of fused-ring (bicyclic) bond motifs is 2. The highest BCUT2D eigenvalue weighted by atomic mass is 16.1. The molecule has 1 heterocycles. The van der Waals surface area contributed by atoms with Crippen LogP contribution in [-0.2, 0) is 0 Å². The summed E-state index contributed by atoms with van der Waals surface area (Å²) in [6.45, 7) is 4.34. The van der Waals surface area contributed by atoms with Gasteiger partial charge in [0.1, 0.15) is 11.0 Å². The monoisotopic (exact) mass is 406 g/mol. The standard InChI is InChI=1S/C26H22N4O/c1-17(2)18-10-13-21(14-11-18)30-28-24-15-12-20(16-25(24)29-30)27-26(31)23-9-5-7-19-6-3-4-8-22(19)23/h3-17H,1-2H3,(H,27,31). The average molecular weight is 406 g/mol. The third-order valence-electron chi connectivity index (χ3n) is 5.46. The Bertz CT molecular complexity index is 1400. The van der Waals surface area contributed by atoms with Crippen molar-refractivity contribution in [3.05, 3.63) is 96.1 Å². The Morgan fingerprint density at radius 3 is 2.39 bits per heavy atom. The van der Waals surface area contributed by atoms with Crippen LogP contribution < -0.4 is 5.32 Å². The molecule has 0 atom stereocenters. The molecule has 5 aromatic rings. The van der Waals surface area contributed by atoms with Gasteiger partial charge in [-0.05, 0) is 58.7 Å². The van der Waals surface area contributed by atoms with Crippen molar-refractivity contribution in [2.75, 3.05) is 5.32 Å². The minimum absolute atomic E-state index is 0.146. The highest BCUT2D eigenvalue weighted by Crippen LogP contribution is 2.22. The minimum atomic E-state index is -0.146. The van der Waals surface area contributed by atoms with E-state index in [1.165, 1.54) is 5.56 Å². The molecule has 152 valence electrons. The lowest BCUT2D eigenvalue weighted by Gasteiger charge is -2.08. The number of amides is 1. The molecule has 1 amide bonds. The van der Waals surface area contributed by atoms with Gasteiger partial charge >= 0.3 is 0 Å². The van der Waals surface area contributed by atoms with E-state index in [9.17, 15) is 4.79 Å². The SMILES string of the molecule is CC(C)c1ccc(-n2nc3ccc(NC(=O)c4cccc5ccccc45)cc3n2)cc1. The number of nitrogens with zero attached hydrogens (tertiary/aromatic N) is 3. The van der Waals surface area contributed by atoms with Gasteiger partial charge < -0.3 is 5.32 Å². The van der Waals surface area contributed by atoms with Crippen LogP contribution in [0.1, 0.15) is 35.7 Å². The summed E-state index contributed by atoms with van der Waals surface area (Å²) in [7, 11) is 0. The third-order valence-corrected chi connectivity index (χ3v) is 5.46. The fraction of sp³-hybridized carbons (Fsp3) is 0.115. The second kappa shape index (κ2) is 7.69. The van der Waals surface area contributed by atoms with E-state index in [0.717, 1.165) is 27.5 Å². The van der Waals surface area contributed by atoms with Crippen LogP contribution in [0, 0.1) is 0 Å². The van der Waals surface area contributed by atoms with Crippen molar-refractivity contribution >= 4 is 33.4 Å². The van der Waals surface area contributed by atoms with Gasteiger partial charge in [0.15, 0.2) is 0 Å². The molecule has 0 fully saturated rings. The molecule has 5 heteroatoms. The molecule has 0 bridgehead atoms. The molecular weight excluding hydrogens is 384 g/mol.